The molecule has 0 saturated carbocycles. The number of nitrogens with zero attached hydrogens (tertiary/aromatic N) is 1. The van der Waals surface area contributed by atoms with Gasteiger partial charge in [0.15, 0.2) is 5.96 Å². The van der Waals surface area contributed by atoms with Gasteiger partial charge >= 0.3 is 5.97 Å². The third-order valence-corrected chi connectivity index (χ3v) is 5.57. The van der Waals surface area contributed by atoms with Crippen molar-refractivity contribution in [2.24, 2.45) is 16.5 Å². The van der Waals surface area contributed by atoms with Crippen molar-refractivity contribution in [3.05, 3.63) is 0 Å². The SMILES string of the molecule is CSCCC(NC(=O)C1CCCN1)C(=O)NC(CCCN=C(N)N)C(=O)NC(C)C(=O)O. The van der Waals surface area contributed by atoms with Crippen molar-refractivity contribution in [3.63, 3.8) is 0 Å². The van der Waals surface area contributed by atoms with Gasteiger partial charge in [-0.3, -0.25) is 24.2 Å². The molecule has 12 nitrogen and oxygen atoms in total. The van der Waals surface area contributed by atoms with Crippen molar-refractivity contribution in [1.82, 2.24) is 21.3 Å². The van der Waals surface area contributed by atoms with E-state index in [-0.39, 0.29) is 30.9 Å². The highest BCUT2D eigenvalue weighted by Gasteiger charge is 2.30. The molecule has 0 aromatic rings. The van der Waals surface area contributed by atoms with Gasteiger partial charge in [-0.15, -0.1) is 0 Å². The first-order valence-corrected chi connectivity index (χ1v) is 12.0. The topological polar surface area (TPSA) is 201 Å². The van der Waals surface area contributed by atoms with Crippen LogP contribution in [0.5, 0.6) is 0 Å². The van der Waals surface area contributed by atoms with Gasteiger partial charge in [0, 0.05) is 6.54 Å². The van der Waals surface area contributed by atoms with Crippen LogP contribution in [0.3, 0.4) is 0 Å². The number of amides is 3. The van der Waals surface area contributed by atoms with Crippen LogP contribution in [0.4, 0.5) is 0 Å². The fourth-order valence-electron chi connectivity index (χ4n) is 3.11. The Labute approximate surface area is 192 Å². The van der Waals surface area contributed by atoms with E-state index in [1.54, 1.807) is 0 Å². The number of aliphatic imine (C=N–C) groups is 1. The molecule has 0 aromatic heterocycles. The molecule has 0 spiro atoms. The minimum Gasteiger partial charge on any atom is -0.480 e. The zero-order valence-corrected chi connectivity index (χ0v) is 19.4. The molecular formula is C19H35N7O5S. The quantitative estimate of drug-likeness (QED) is 0.0855. The van der Waals surface area contributed by atoms with Gasteiger partial charge in [-0.25, -0.2) is 0 Å². The van der Waals surface area contributed by atoms with Crippen molar-refractivity contribution in [1.29, 1.82) is 0 Å². The number of carbonyl (C=O) groups excluding carboxylic acids is 3. The molecule has 3 amide bonds. The Bertz CT molecular complexity index is 681. The average Bonchev–Trinajstić information content (AvgIpc) is 3.27. The monoisotopic (exact) mass is 473 g/mol. The molecule has 1 saturated heterocycles. The van der Waals surface area contributed by atoms with Crippen molar-refractivity contribution < 1.29 is 24.3 Å². The lowest BCUT2D eigenvalue weighted by Gasteiger charge is -2.24. The number of guanidine groups is 1. The first-order chi connectivity index (χ1) is 15.1. The van der Waals surface area contributed by atoms with Crippen LogP contribution < -0.4 is 32.7 Å². The molecule has 1 aliphatic heterocycles. The Kier molecular flexibility index (Phi) is 12.5. The molecule has 4 atom stereocenters. The smallest absolute Gasteiger partial charge is 0.325 e. The van der Waals surface area contributed by atoms with Crippen molar-refractivity contribution in [2.45, 2.75) is 63.2 Å². The van der Waals surface area contributed by atoms with Gasteiger partial charge in [-0.05, 0) is 57.6 Å². The lowest BCUT2D eigenvalue weighted by Crippen LogP contribution is -2.56. The number of nitrogens with one attached hydrogen (secondary N) is 4. The van der Waals surface area contributed by atoms with E-state index in [1.165, 1.54) is 18.7 Å². The van der Waals surface area contributed by atoms with Gasteiger partial charge in [0.25, 0.3) is 0 Å². The number of thioether (sulfide) groups is 1. The normalized spacial score (nSPS) is 18.1. The van der Waals surface area contributed by atoms with E-state index in [4.69, 9.17) is 16.6 Å². The summed E-state index contributed by atoms with van der Waals surface area (Å²) in [6, 6.07) is -3.28. The summed E-state index contributed by atoms with van der Waals surface area (Å²) in [6.07, 6.45) is 4.44. The molecule has 182 valence electrons. The van der Waals surface area contributed by atoms with Gasteiger partial charge in [0.2, 0.25) is 17.7 Å². The minimum atomic E-state index is -1.20. The van der Waals surface area contributed by atoms with Crippen LogP contribution in [-0.2, 0) is 19.2 Å². The van der Waals surface area contributed by atoms with E-state index in [2.05, 4.69) is 26.3 Å². The van der Waals surface area contributed by atoms with E-state index in [0.717, 1.165) is 13.0 Å². The lowest BCUT2D eigenvalue weighted by atomic mass is 10.1. The highest BCUT2D eigenvalue weighted by atomic mass is 32.2. The number of carboxylic acids is 1. The number of rotatable bonds is 14. The van der Waals surface area contributed by atoms with Crippen LogP contribution >= 0.6 is 11.8 Å². The maximum Gasteiger partial charge on any atom is 0.325 e. The third kappa shape index (κ3) is 10.2. The van der Waals surface area contributed by atoms with Crippen LogP contribution in [0.2, 0.25) is 0 Å². The summed E-state index contributed by atoms with van der Waals surface area (Å²) in [4.78, 5) is 53.0. The molecule has 1 aliphatic rings. The Hall–Kier alpha value is -2.54. The number of hydrogen-bond donors (Lipinski definition) is 7. The molecule has 4 unspecified atom stereocenters. The molecule has 0 bridgehead atoms. The number of hydrogen-bond acceptors (Lipinski definition) is 7. The highest BCUT2D eigenvalue weighted by Crippen LogP contribution is 2.08. The maximum absolute atomic E-state index is 13.0. The third-order valence-electron chi connectivity index (χ3n) is 4.93. The molecule has 0 aliphatic carbocycles. The molecule has 0 radical (unpaired) electrons. The number of nitrogens with two attached hydrogens (primary N) is 2. The van der Waals surface area contributed by atoms with E-state index >= 15 is 0 Å². The Morgan fingerprint density at radius 3 is 2.34 bits per heavy atom. The molecule has 9 N–H and O–H groups in total. The van der Waals surface area contributed by atoms with E-state index < -0.39 is 35.9 Å². The fraction of sp³-hybridized carbons (Fsp3) is 0.737. The van der Waals surface area contributed by atoms with E-state index in [9.17, 15) is 19.2 Å². The van der Waals surface area contributed by atoms with Crippen LogP contribution in [0.15, 0.2) is 4.99 Å². The summed E-state index contributed by atoms with van der Waals surface area (Å²) in [5.74, 6) is -2.04. The molecule has 32 heavy (non-hydrogen) atoms. The second kappa shape index (κ2) is 14.5. The molecular weight excluding hydrogens is 438 g/mol. The molecule has 1 fully saturated rings. The Morgan fingerprint density at radius 1 is 1.12 bits per heavy atom. The van der Waals surface area contributed by atoms with Crippen LogP contribution in [-0.4, -0.2) is 84.0 Å². The van der Waals surface area contributed by atoms with Crippen LogP contribution in [0.1, 0.15) is 39.0 Å². The number of carboxylic acid groups (broad SMARTS) is 1. The second-order valence-corrected chi connectivity index (χ2v) is 8.56. The number of aliphatic carboxylic acids is 1. The van der Waals surface area contributed by atoms with Crippen molar-refractivity contribution in [2.75, 3.05) is 25.1 Å². The standard InChI is InChI=1S/C19H35N7O5S/c1-11(18(30)31)24-16(28)13(6-4-9-23-19(20)21)25-17(29)14(7-10-32-2)26-15(27)12-5-3-8-22-12/h11-14,22H,3-10H2,1-2H3,(H,24,28)(H,25,29)(H,26,27)(H,30,31)(H4,20,21,23). The molecule has 0 aromatic carbocycles. The van der Waals surface area contributed by atoms with Crippen LogP contribution in [0, 0.1) is 0 Å². The Balaban J connectivity index is 2.85. The Morgan fingerprint density at radius 2 is 1.78 bits per heavy atom. The van der Waals surface area contributed by atoms with Crippen molar-refractivity contribution >= 4 is 41.4 Å². The van der Waals surface area contributed by atoms with Crippen LogP contribution in [0.25, 0.3) is 0 Å². The van der Waals surface area contributed by atoms with Gasteiger partial charge in [-0.1, -0.05) is 0 Å². The number of carbonyl (C=O) groups is 4. The predicted octanol–water partition coefficient (Wildman–Crippen LogP) is -1.90. The predicted molar refractivity (Wildman–Crippen MR) is 123 cm³/mol. The van der Waals surface area contributed by atoms with Gasteiger partial charge in [0.1, 0.15) is 18.1 Å². The average molecular weight is 474 g/mol. The summed E-state index contributed by atoms with van der Waals surface area (Å²) < 4.78 is 0. The van der Waals surface area contributed by atoms with E-state index in [1.807, 2.05) is 6.26 Å². The zero-order valence-electron chi connectivity index (χ0n) is 18.6. The molecule has 1 heterocycles. The summed E-state index contributed by atoms with van der Waals surface area (Å²) in [7, 11) is 0. The van der Waals surface area contributed by atoms with Gasteiger partial charge in [-0.2, -0.15) is 11.8 Å². The highest BCUT2D eigenvalue weighted by molar-refractivity contribution is 7.98. The fourth-order valence-corrected chi connectivity index (χ4v) is 3.58. The zero-order chi connectivity index (χ0) is 24.1. The van der Waals surface area contributed by atoms with Gasteiger partial charge < -0.3 is 37.8 Å². The minimum absolute atomic E-state index is 0.0881. The summed E-state index contributed by atoms with van der Waals surface area (Å²) in [5, 5.41) is 19.9. The largest absolute Gasteiger partial charge is 0.480 e. The second-order valence-electron chi connectivity index (χ2n) is 7.57. The molecule has 13 heteroatoms. The lowest BCUT2D eigenvalue weighted by molar-refractivity contribution is -0.141. The first-order valence-electron chi connectivity index (χ1n) is 10.6. The van der Waals surface area contributed by atoms with Crippen molar-refractivity contribution in [3.8, 4) is 0 Å². The first kappa shape index (κ1) is 27.5. The summed E-state index contributed by atoms with van der Waals surface area (Å²) in [5.41, 5.74) is 10.6. The van der Waals surface area contributed by atoms with E-state index in [0.29, 0.717) is 25.0 Å². The van der Waals surface area contributed by atoms with Gasteiger partial charge in [0.05, 0.1) is 6.04 Å². The summed E-state index contributed by atoms with van der Waals surface area (Å²) in [6.45, 7) is 2.32. The molecule has 1 rings (SSSR count). The maximum atomic E-state index is 13.0. The summed E-state index contributed by atoms with van der Waals surface area (Å²) >= 11 is 1.53.